The van der Waals surface area contributed by atoms with Gasteiger partial charge in [-0.3, -0.25) is 19.5 Å². The fourth-order valence-corrected chi connectivity index (χ4v) is 5.25. The number of carbonyl (C=O) groups is 2. The van der Waals surface area contributed by atoms with Crippen molar-refractivity contribution in [3.63, 3.8) is 0 Å². The van der Waals surface area contributed by atoms with E-state index in [1.807, 2.05) is 5.32 Å². The number of rotatable bonds is 7. The maximum Gasteiger partial charge on any atom is 0.440 e. The lowest BCUT2D eigenvalue weighted by molar-refractivity contribution is -0.736. The number of imidazole rings is 1. The molecule has 1 aromatic heterocycles. The van der Waals surface area contributed by atoms with Crippen molar-refractivity contribution in [2.24, 2.45) is 5.92 Å². The summed E-state index contributed by atoms with van der Waals surface area (Å²) in [5, 5.41) is 4.23. The van der Waals surface area contributed by atoms with E-state index in [9.17, 15) is 27.7 Å². The molecule has 1 saturated carbocycles. The zero-order valence-corrected chi connectivity index (χ0v) is 20.0. The normalized spacial score (nSPS) is 19.6. The first-order valence-electron chi connectivity index (χ1n) is 12.0. The largest absolute Gasteiger partial charge is 0.440 e. The van der Waals surface area contributed by atoms with Gasteiger partial charge in [-0.2, -0.15) is 13.2 Å². The van der Waals surface area contributed by atoms with Gasteiger partial charge in [0.05, 0.1) is 15.9 Å². The van der Waals surface area contributed by atoms with Crippen molar-refractivity contribution >= 4 is 34.5 Å². The first-order chi connectivity index (χ1) is 17.7. The zero-order valence-electron chi connectivity index (χ0n) is 20.0. The molecule has 1 fully saturated rings. The van der Waals surface area contributed by atoms with Crippen molar-refractivity contribution in [2.45, 2.75) is 50.4 Å². The second-order valence-corrected chi connectivity index (χ2v) is 9.33. The molecule has 37 heavy (non-hydrogen) atoms. The standard InChI is InChI=1S/C25H24F3N5O4/c1-37-33(36)17-12-10-16(11-13-17)18-7-4-8-19-21(18)29-23-30-22(35)24(32(19)23,25(26,27)28)31-20(34)14-9-15-5-2-3-6-15/h4,7-8,10-13,15H,2-3,5-6,9,14H2,1H3,(H-,29,30,31,34,35,36)/p+1. The average Bonchev–Trinajstić information content (AvgIpc) is 3.58. The average molecular weight is 517 g/mol. The highest BCUT2D eigenvalue weighted by molar-refractivity contribution is 6.06. The summed E-state index contributed by atoms with van der Waals surface area (Å²) < 4.78 is 44.7. The van der Waals surface area contributed by atoms with Crippen LogP contribution in [0.15, 0.2) is 42.5 Å². The van der Waals surface area contributed by atoms with Gasteiger partial charge in [-0.25, -0.2) is 9.82 Å². The molecule has 9 nitrogen and oxygen atoms in total. The highest BCUT2D eigenvalue weighted by atomic mass is 19.4. The third-order valence-corrected chi connectivity index (χ3v) is 7.11. The quantitative estimate of drug-likeness (QED) is 0.434. The molecule has 2 aliphatic rings. The molecule has 194 valence electrons. The molecular formula is C25H25F3N5O4+. The Morgan fingerprint density at radius 1 is 1.22 bits per heavy atom. The third-order valence-electron chi connectivity index (χ3n) is 7.11. The van der Waals surface area contributed by atoms with Crippen LogP contribution in [0.5, 0.6) is 0 Å². The number of benzene rings is 2. The minimum Gasteiger partial charge on any atom is -0.317 e. The summed E-state index contributed by atoms with van der Waals surface area (Å²) in [7, 11) is 1.23. The number of nitrogens with zero attached hydrogens (tertiary/aromatic N) is 3. The van der Waals surface area contributed by atoms with Crippen LogP contribution in [0.4, 0.5) is 24.8 Å². The number of anilines is 1. The van der Waals surface area contributed by atoms with Crippen LogP contribution >= 0.6 is 0 Å². The van der Waals surface area contributed by atoms with Gasteiger partial charge in [-0.05, 0) is 36.1 Å². The van der Waals surface area contributed by atoms with Crippen molar-refractivity contribution in [3.8, 4) is 11.1 Å². The predicted octanol–water partition coefficient (Wildman–Crippen LogP) is 4.93. The molecule has 3 aromatic rings. The smallest absolute Gasteiger partial charge is 0.317 e. The molecule has 1 unspecified atom stereocenters. The second-order valence-electron chi connectivity index (χ2n) is 9.33. The van der Waals surface area contributed by atoms with Crippen molar-refractivity contribution in [1.29, 1.82) is 0 Å². The number of carbonyl (C=O) groups excluding carboxylic acids is 2. The molecule has 0 bridgehead atoms. The summed E-state index contributed by atoms with van der Waals surface area (Å²) in [5.41, 5.74) is -1.81. The SMILES string of the molecule is CO[N+](=O)c1ccc(-c2cccc3c2nc2n3C(NC(=O)CCC3CCCC3)(C(F)(F)F)C(=O)N2)cc1. The maximum atomic E-state index is 14.7. The summed E-state index contributed by atoms with van der Waals surface area (Å²) in [5.74, 6) is -2.27. The minimum absolute atomic E-state index is 0.0192. The van der Waals surface area contributed by atoms with E-state index in [4.69, 9.17) is 0 Å². The molecule has 0 radical (unpaired) electrons. The first kappa shape index (κ1) is 24.7. The summed E-state index contributed by atoms with van der Waals surface area (Å²) in [6.07, 6.45) is -0.756. The molecule has 12 heteroatoms. The van der Waals surface area contributed by atoms with E-state index in [1.165, 1.54) is 25.3 Å². The van der Waals surface area contributed by atoms with E-state index >= 15 is 0 Å². The number of para-hydroxylation sites is 1. The summed E-state index contributed by atoms with van der Waals surface area (Å²) in [6.45, 7) is 0. The van der Waals surface area contributed by atoms with Crippen LogP contribution in [0.25, 0.3) is 22.2 Å². The van der Waals surface area contributed by atoms with Gasteiger partial charge in [-0.15, -0.1) is 0 Å². The maximum absolute atomic E-state index is 14.7. The summed E-state index contributed by atoms with van der Waals surface area (Å²) in [4.78, 5) is 46.5. The lowest BCUT2D eigenvalue weighted by Gasteiger charge is -2.32. The molecule has 2 heterocycles. The predicted molar refractivity (Wildman–Crippen MR) is 127 cm³/mol. The first-order valence-corrected chi connectivity index (χ1v) is 12.0. The van der Waals surface area contributed by atoms with Crippen LogP contribution in [-0.4, -0.2) is 39.6 Å². The molecule has 0 spiro atoms. The lowest BCUT2D eigenvalue weighted by atomic mass is 10.0. The van der Waals surface area contributed by atoms with Crippen molar-refractivity contribution in [2.75, 3.05) is 12.4 Å². The van der Waals surface area contributed by atoms with Gasteiger partial charge in [0.2, 0.25) is 11.9 Å². The number of aromatic nitrogens is 2. The fraction of sp³-hybridized carbons (Fsp3) is 0.400. The van der Waals surface area contributed by atoms with E-state index in [-0.39, 0.29) is 29.1 Å². The van der Waals surface area contributed by atoms with Crippen LogP contribution in [0, 0.1) is 10.8 Å². The molecule has 2 aromatic carbocycles. The van der Waals surface area contributed by atoms with E-state index in [0.29, 0.717) is 28.4 Å². The zero-order chi connectivity index (χ0) is 26.4. The Hall–Kier alpha value is -3.96. The molecule has 0 saturated heterocycles. The van der Waals surface area contributed by atoms with Crippen LogP contribution in [0.2, 0.25) is 0 Å². The topological polar surface area (TPSA) is 105 Å². The number of hydrogen-bond acceptors (Lipinski definition) is 5. The number of fused-ring (bicyclic) bond motifs is 3. The lowest BCUT2D eigenvalue weighted by Crippen LogP contribution is -2.63. The Morgan fingerprint density at radius 3 is 2.57 bits per heavy atom. The molecule has 1 aliphatic carbocycles. The van der Waals surface area contributed by atoms with Gasteiger partial charge in [-0.1, -0.05) is 37.8 Å². The van der Waals surface area contributed by atoms with Gasteiger partial charge in [0.25, 0.3) is 16.5 Å². The van der Waals surface area contributed by atoms with E-state index in [0.717, 1.165) is 30.3 Å². The Labute approximate surface area is 209 Å². The molecular weight excluding hydrogens is 491 g/mol. The van der Waals surface area contributed by atoms with Crippen LogP contribution in [-0.2, 0) is 20.1 Å². The van der Waals surface area contributed by atoms with Crippen molar-refractivity contribution < 1.29 is 32.5 Å². The third kappa shape index (κ3) is 4.09. The Balaban J connectivity index is 1.55. The monoisotopic (exact) mass is 516 g/mol. The summed E-state index contributed by atoms with van der Waals surface area (Å²) in [6, 6.07) is 10.9. The van der Waals surface area contributed by atoms with Gasteiger partial charge in [0, 0.05) is 24.1 Å². The number of halogens is 3. The number of alkyl halides is 3. The summed E-state index contributed by atoms with van der Waals surface area (Å²) >= 11 is 0. The second kappa shape index (κ2) is 9.16. The molecule has 1 aliphatic heterocycles. The van der Waals surface area contributed by atoms with E-state index < -0.39 is 23.7 Å². The van der Waals surface area contributed by atoms with E-state index in [1.54, 1.807) is 24.3 Å². The van der Waals surface area contributed by atoms with E-state index in [2.05, 4.69) is 15.1 Å². The Morgan fingerprint density at radius 2 is 1.92 bits per heavy atom. The molecule has 2 amide bonds. The number of hydrogen-bond donors (Lipinski definition) is 2. The molecule has 1 atom stereocenters. The van der Waals surface area contributed by atoms with Crippen molar-refractivity contribution in [1.82, 2.24) is 14.9 Å². The molecule has 5 rings (SSSR count). The van der Waals surface area contributed by atoms with Gasteiger partial charge < -0.3 is 5.32 Å². The van der Waals surface area contributed by atoms with Gasteiger partial charge >= 0.3 is 11.9 Å². The fourth-order valence-electron chi connectivity index (χ4n) is 5.25. The van der Waals surface area contributed by atoms with Gasteiger partial charge in [0.15, 0.2) is 7.11 Å². The van der Waals surface area contributed by atoms with Crippen LogP contribution < -0.4 is 10.6 Å². The van der Waals surface area contributed by atoms with Crippen molar-refractivity contribution in [3.05, 3.63) is 47.4 Å². The molecule has 2 N–H and O–H groups in total. The number of amides is 2. The van der Waals surface area contributed by atoms with Crippen LogP contribution in [0.1, 0.15) is 38.5 Å². The Kier molecular flexibility index (Phi) is 6.12. The highest BCUT2D eigenvalue weighted by Gasteiger charge is 2.67. The Bertz CT molecular complexity index is 1380. The highest BCUT2D eigenvalue weighted by Crippen LogP contribution is 2.45. The minimum atomic E-state index is -5.14. The van der Waals surface area contributed by atoms with Gasteiger partial charge in [0.1, 0.15) is 0 Å². The van der Waals surface area contributed by atoms with Crippen LogP contribution in [0.3, 0.4) is 0 Å². The number of nitrogens with one attached hydrogen (secondary N) is 2.